The van der Waals surface area contributed by atoms with Gasteiger partial charge in [0, 0.05) is 11.8 Å². The number of nitrogens with one attached hydrogen (secondary N) is 1. The number of hydrogen-bond acceptors (Lipinski definition) is 6. The summed E-state index contributed by atoms with van der Waals surface area (Å²) in [6, 6.07) is 11.7. The standard InChI is InChI=1S/C18H17N3O4S/c1-11-8-9-12(2)14(10-11)17-20-21-18(25-17)19-16(22)13-6-4-5-7-15(13)26(3,23)24/h4-10H,1-3H3,(H,19,21,22). The van der Waals surface area contributed by atoms with Gasteiger partial charge in [-0.3, -0.25) is 10.1 Å². The van der Waals surface area contributed by atoms with Crippen molar-refractivity contribution in [3.05, 3.63) is 59.2 Å². The number of rotatable bonds is 4. The molecule has 26 heavy (non-hydrogen) atoms. The van der Waals surface area contributed by atoms with Gasteiger partial charge in [0.2, 0.25) is 5.89 Å². The largest absolute Gasteiger partial charge is 0.403 e. The highest BCUT2D eigenvalue weighted by Gasteiger charge is 2.20. The lowest BCUT2D eigenvalue weighted by molar-refractivity contribution is 0.102. The Morgan fingerprint density at radius 1 is 1.08 bits per heavy atom. The fraction of sp³-hybridized carbons (Fsp3) is 0.167. The molecule has 1 aromatic heterocycles. The molecule has 2 aromatic carbocycles. The maximum Gasteiger partial charge on any atom is 0.322 e. The molecule has 1 amide bonds. The number of benzene rings is 2. The van der Waals surface area contributed by atoms with Crippen LogP contribution in [0.25, 0.3) is 11.5 Å². The summed E-state index contributed by atoms with van der Waals surface area (Å²) in [6.07, 6.45) is 1.05. The van der Waals surface area contributed by atoms with Crippen LogP contribution in [0.4, 0.5) is 6.01 Å². The Balaban J connectivity index is 1.89. The minimum absolute atomic E-state index is 0.0153. The molecule has 0 saturated carbocycles. The quantitative estimate of drug-likeness (QED) is 0.756. The Hall–Kier alpha value is -3.00. The highest BCUT2D eigenvalue weighted by Crippen LogP contribution is 2.25. The summed E-state index contributed by atoms with van der Waals surface area (Å²) in [4.78, 5) is 12.4. The summed E-state index contributed by atoms with van der Waals surface area (Å²) in [6.45, 7) is 3.86. The minimum Gasteiger partial charge on any atom is -0.403 e. The predicted molar refractivity (Wildman–Crippen MR) is 96.7 cm³/mol. The number of sulfone groups is 1. The Kier molecular flexibility index (Phi) is 4.60. The third kappa shape index (κ3) is 3.65. The molecule has 1 heterocycles. The minimum atomic E-state index is -3.55. The van der Waals surface area contributed by atoms with E-state index in [4.69, 9.17) is 4.42 Å². The van der Waals surface area contributed by atoms with Gasteiger partial charge in [-0.15, -0.1) is 5.10 Å². The van der Waals surface area contributed by atoms with Crippen molar-refractivity contribution in [2.45, 2.75) is 18.7 Å². The summed E-state index contributed by atoms with van der Waals surface area (Å²) < 4.78 is 29.2. The number of hydrogen-bond donors (Lipinski definition) is 1. The van der Waals surface area contributed by atoms with E-state index in [1.807, 2.05) is 32.0 Å². The topological polar surface area (TPSA) is 102 Å². The van der Waals surface area contributed by atoms with Crippen molar-refractivity contribution in [1.82, 2.24) is 10.2 Å². The van der Waals surface area contributed by atoms with E-state index in [1.54, 1.807) is 12.1 Å². The zero-order chi connectivity index (χ0) is 18.9. The van der Waals surface area contributed by atoms with Crippen molar-refractivity contribution in [3.8, 4) is 11.5 Å². The number of aryl methyl sites for hydroxylation is 2. The molecular weight excluding hydrogens is 354 g/mol. The third-order valence-electron chi connectivity index (χ3n) is 3.80. The first-order valence-corrected chi connectivity index (χ1v) is 9.66. The molecule has 3 aromatic rings. The molecule has 0 aliphatic heterocycles. The second-order valence-electron chi connectivity index (χ2n) is 5.95. The summed E-state index contributed by atoms with van der Waals surface area (Å²) in [5.41, 5.74) is 2.78. The molecule has 0 bridgehead atoms. The molecule has 0 spiro atoms. The molecule has 8 heteroatoms. The van der Waals surface area contributed by atoms with Gasteiger partial charge in [0.1, 0.15) is 0 Å². The number of carbonyl (C=O) groups excluding carboxylic acids is 1. The zero-order valence-electron chi connectivity index (χ0n) is 14.5. The summed E-state index contributed by atoms with van der Waals surface area (Å²) >= 11 is 0. The van der Waals surface area contributed by atoms with Crippen LogP contribution in [0.5, 0.6) is 0 Å². The van der Waals surface area contributed by atoms with Crippen molar-refractivity contribution in [3.63, 3.8) is 0 Å². The van der Waals surface area contributed by atoms with Crippen molar-refractivity contribution >= 4 is 21.8 Å². The lowest BCUT2D eigenvalue weighted by Gasteiger charge is -2.06. The zero-order valence-corrected chi connectivity index (χ0v) is 15.3. The Bertz CT molecular complexity index is 1090. The fourth-order valence-corrected chi connectivity index (χ4v) is 3.38. The van der Waals surface area contributed by atoms with E-state index >= 15 is 0 Å². The van der Waals surface area contributed by atoms with E-state index in [2.05, 4.69) is 15.5 Å². The van der Waals surface area contributed by atoms with Crippen LogP contribution in [0.15, 0.2) is 51.8 Å². The van der Waals surface area contributed by atoms with Crippen LogP contribution in [-0.2, 0) is 9.84 Å². The first kappa shape index (κ1) is 17.8. The van der Waals surface area contributed by atoms with Crippen LogP contribution in [-0.4, -0.2) is 30.8 Å². The van der Waals surface area contributed by atoms with Gasteiger partial charge in [-0.25, -0.2) is 8.42 Å². The molecule has 0 radical (unpaired) electrons. The van der Waals surface area contributed by atoms with Gasteiger partial charge in [0.15, 0.2) is 9.84 Å². The predicted octanol–water partition coefficient (Wildman–Crippen LogP) is 3.01. The van der Waals surface area contributed by atoms with Crippen LogP contribution in [0.1, 0.15) is 21.5 Å². The molecule has 0 fully saturated rings. The van der Waals surface area contributed by atoms with E-state index in [1.165, 1.54) is 12.1 Å². The van der Waals surface area contributed by atoms with Crippen molar-refractivity contribution in [1.29, 1.82) is 0 Å². The van der Waals surface area contributed by atoms with E-state index < -0.39 is 15.7 Å². The molecule has 3 rings (SSSR count). The lowest BCUT2D eigenvalue weighted by Crippen LogP contribution is -2.16. The smallest absolute Gasteiger partial charge is 0.322 e. The highest BCUT2D eigenvalue weighted by atomic mass is 32.2. The number of carbonyl (C=O) groups is 1. The second-order valence-corrected chi connectivity index (χ2v) is 7.94. The van der Waals surface area contributed by atoms with Crippen LogP contribution in [0.2, 0.25) is 0 Å². The first-order valence-electron chi connectivity index (χ1n) is 7.77. The molecule has 134 valence electrons. The van der Waals surface area contributed by atoms with E-state index in [0.29, 0.717) is 0 Å². The molecule has 0 unspecified atom stereocenters. The van der Waals surface area contributed by atoms with E-state index in [0.717, 1.165) is 22.9 Å². The van der Waals surface area contributed by atoms with Gasteiger partial charge in [-0.2, -0.15) is 0 Å². The number of nitrogens with zero attached hydrogens (tertiary/aromatic N) is 2. The van der Waals surface area contributed by atoms with Crippen LogP contribution < -0.4 is 5.32 Å². The SMILES string of the molecule is Cc1ccc(C)c(-c2nnc(NC(=O)c3ccccc3S(C)(=O)=O)o2)c1. The Labute approximate surface area is 151 Å². The second kappa shape index (κ2) is 6.72. The van der Waals surface area contributed by atoms with Gasteiger partial charge in [-0.1, -0.05) is 34.9 Å². The highest BCUT2D eigenvalue weighted by molar-refractivity contribution is 7.90. The number of aromatic nitrogens is 2. The lowest BCUT2D eigenvalue weighted by atomic mass is 10.1. The molecule has 7 nitrogen and oxygen atoms in total. The normalized spacial score (nSPS) is 11.3. The Morgan fingerprint density at radius 3 is 2.54 bits per heavy atom. The van der Waals surface area contributed by atoms with Crippen molar-refractivity contribution in [2.75, 3.05) is 11.6 Å². The van der Waals surface area contributed by atoms with Gasteiger partial charge >= 0.3 is 6.01 Å². The fourth-order valence-electron chi connectivity index (χ4n) is 2.49. The van der Waals surface area contributed by atoms with Crippen molar-refractivity contribution in [2.24, 2.45) is 0 Å². The molecule has 0 saturated heterocycles. The van der Waals surface area contributed by atoms with Gasteiger partial charge in [0.25, 0.3) is 5.91 Å². The maximum absolute atomic E-state index is 12.4. The maximum atomic E-state index is 12.4. The first-order chi connectivity index (χ1) is 12.3. The van der Waals surface area contributed by atoms with Gasteiger partial charge in [0.05, 0.1) is 10.5 Å². The summed E-state index contributed by atoms with van der Waals surface area (Å²) in [5, 5.41) is 10.2. The average Bonchev–Trinajstić information content (AvgIpc) is 3.04. The number of amides is 1. The Morgan fingerprint density at radius 2 is 1.81 bits per heavy atom. The monoisotopic (exact) mass is 371 g/mol. The van der Waals surface area contributed by atoms with Crippen LogP contribution in [0.3, 0.4) is 0 Å². The van der Waals surface area contributed by atoms with E-state index in [-0.39, 0.29) is 22.4 Å². The summed E-state index contributed by atoms with van der Waals surface area (Å²) in [5.74, 6) is -0.361. The molecule has 0 aliphatic carbocycles. The molecular formula is C18H17N3O4S. The van der Waals surface area contributed by atoms with Crippen LogP contribution >= 0.6 is 0 Å². The van der Waals surface area contributed by atoms with Crippen molar-refractivity contribution < 1.29 is 17.6 Å². The van der Waals surface area contributed by atoms with Crippen LogP contribution in [0, 0.1) is 13.8 Å². The summed E-state index contributed by atoms with van der Waals surface area (Å²) in [7, 11) is -3.55. The number of anilines is 1. The molecule has 0 atom stereocenters. The molecule has 1 N–H and O–H groups in total. The average molecular weight is 371 g/mol. The van der Waals surface area contributed by atoms with E-state index in [9.17, 15) is 13.2 Å². The van der Waals surface area contributed by atoms with Gasteiger partial charge < -0.3 is 4.42 Å². The molecule has 0 aliphatic rings. The third-order valence-corrected chi connectivity index (χ3v) is 4.96. The van der Waals surface area contributed by atoms with Gasteiger partial charge in [-0.05, 0) is 37.6 Å².